The van der Waals surface area contributed by atoms with Gasteiger partial charge in [-0.25, -0.2) is 4.98 Å². The van der Waals surface area contributed by atoms with Crippen molar-refractivity contribution in [2.75, 3.05) is 6.54 Å². The number of aliphatic hydroxyl groups is 1. The average Bonchev–Trinajstić information content (AvgIpc) is 3.03. The smallest absolute Gasteiger partial charge is 0.208 e. The minimum Gasteiger partial charge on any atom is -0.444 e. The quantitative estimate of drug-likeness (QED) is 0.911. The minimum absolute atomic E-state index is 0.0985. The molecule has 1 aliphatic heterocycles. The Hall–Kier alpha value is -0.870. The summed E-state index contributed by atoms with van der Waals surface area (Å²) in [6.45, 7) is 5.86. The van der Waals surface area contributed by atoms with E-state index in [9.17, 15) is 5.11 Å². The number of hydrogen-bond acceptors (Lipinski definition) is 4. The third-order valence-corrected chi connectivity index (χ3v) is 4.85. The van der Waals surface area contributed by atoms with E-state index in [1.807, 2.05) is 13.8 Å². The number of hydrogen-bond donors (Lipinski definition) is 1. The van der Waals surface area contributed by atoms with E-state index in [2.05, 4.69) is 9.88 Å². The summed E-state index contributed by atoms with van der Waals surface area (Å²) in [6.07, 6.45) is 5.66. The predicted molar refractivity (Wildman–Crippen MR) is 72.8 cm³/mol. The van der Waals surface area contributed by atoms with Crippen molar-refractivity contribution in [2.45, 2.75) is 64.6 Å². The molecule has 3 unspecified atom stereocenters. The fourth-order valence-corrected chi connectivity index (χ4v) is 3.73. The van der Waals surface area contributed by atoms with Crippen molar-refractivity contribution in [3.05, 3.63) is 17.3 Å². The summed E-state index contributed by atoms with van der Waals surface area (Å²) < 4.78 is 5.70. The largest absolute Gasteiger partial charge is 0.444 e. The second kappa shape index (κ2) is 5.25. The van der Waals surface area contributed by atoms with E-state index in [4.69, 9.17) is 4.42 Å². The Balaban J connectivity index is 1.69. The molecule has 0 amide bonds. The van der Waals surface area contributed by atoms with Gasteiger partial charge in [-0.1, -0.05) is 6.42 Å². The first-order valence-corrected chi connectivity index (χ1v) is 7.50. The van der Waals surface area contributed by atoms with Gasteiger partial charge in [0, 0.05) is 12.0 Å². The van der Waals surface area contributed by atoms with Crippen LogP contribution < -0.4 is 0 Å². The summed E-state index contributed by atoms with van der Waals surface area (Å²) in [5.74, 6) is 2.21. The monoisotopic (exact) mass is 264 g/mol. The molecule has 2 heterocycles. The molecule has 0 bridgehead atoms. The highest BCUT2D eigenvalue weighted by atomic mass is 16.4. The van der Waals surface area contributed by atoms with Gasteiger partial charge in [0.25, 0.3) is 0 Å². The lowest BCUT2D eigenvalue weighted by molar-refractivity contribution is 0.0684. The van der Waals surface area contributed by atoms with Gasteiger partial charge in [-0.05, 0) is 46.1 Å². The Kier molecular flexibility index (Phi) is 3.63. The number of aromatic nitrogens is 1. The Morgan fingerprint density at radius 2 is 2.11 bits per heavy atom. The van der Waals surface area contributed by atoms with Gasteiger partial charge in [0.2, 0.25) is 5.89 Å². The van der Waals surface area contributed by atoms with E-state index in [0.29, 0.717) is 12.0 Å². The van der Waals surface area contributed by atoms with Crippen molar-refractivity contribution in [2.24, 2.45) is 5.92 Å². The Morgan fingerprint density at radius 3 is 2.74 bits per heavy atom. The van der Waals surface area contributed by atoms with Crippen LogP contribution in [0.15, 0.2) is 4.42 Å². The summed E-state index contributed by atoms with van der Waals surface area (Å²) >= 11 is 0. The first kappa shape index (κ1) is 13.1. The normalized spacial score (nSPS) is 32.3. The zero-order valence-corrected chi connectivity index (χ0v) is 11.9. The van der Waals surface area contributed by atoms with E-state index >= 15 is 0 Å². The van der Waals surface area contributed by atoms with E-state index in [0.717, 1.165) is 36.9 Å². The molecule has 1 saturated carbocycles. The molecule has 4 heteroatoms. The molecule has 1 aliphatic carbocycles. The molecule has 1 aromatic heterocycles. The molecule has 19 heavy (non-hydrogen) atoms. The minimum atomic E-state index is -0.0985. The molecule has 3 atom stereocenters. The van der Waals surface area contributed by atoms with Crippen LogP contribution in [0.4, 0.5) is 0 Å². The van der Waals surface area contributed by atoms with Crippen LogP contribution in [0, 0.1) is 19.8 Å². The Labute approximate surface area is 114 Å². The van der Waals surface area contributed by atoms with Crippen LogP contribution in [0.25, 0.3) is 0 Å². The maximum atomic E-state index is 10.1. The van der Waals surface area contributed by atoms with Crippen molar-refractivity contribution in [1.82, 2.24) is 9.88 Å². The lowest BCUT2D eigenvalue weighted by Gasteiger charge is -2.30. The van der Waals surface area contributed by atoms with E-state index in [1.54, 1.807) is 0 Å². The molecule has 2 aliphatic rings. The Morgan fingerprint density at radius 1 is 1.26 bits per heavy atom. The van der Waals surface area contributed by atoms with Gasteiger partial charge in [-0.2, -0.15) is 0 Å². The molecule has 4 nitrogen and oxygen atoms in total. The van der Waals surface area contributed by atoms with Gasteiger partial charge in [0.15, 0.2) is 0 Å². The summed E-state index contributed by atoms with van der Waals surface area (Å²) in [6, 6.07) is 0.519. The lowest BCUT2D eigenvalue weighted by atomic mass is 9.94. The average molecular weight is 264 g/mol. The third-order valence-electron chi connectivity index (χ3n) is 4.85. The second-order valence-electron chi connectivity index (χ2n) is 6.09. The summed E-state index contributed by atoms with van der Waals surface area (Å²) in [5, 5.41) is 10.1. The first-order chi connectivity index (χ1) is 9.15. The van der Waals surface area contributed by atoms with Crippen LogP contribution in [0.5, 0.6) is 0 Å². The van der Waals surface area contributed by atoms with Gasteiger partial charge in [-0.3, -0.25) is 4.90 Å². The van der Waals surface area contributed by atoms with Crippen molar-refractivity contribution in [3.63, 3.8) is 0 Å². The van der Waals surface area contributed by atoms with Crippen molar-refractivity contribution in [1.29, 1.82) is 0 Å². The van der Waals surface area contributed by atoms with Crippen LogP contribution >= 0.6 is 0 Å². The number of aliphatic hydroxyl groups excluding tert-OH is 1. The standard InChI is InChI=1S/C15H24N2O2/c1-10-11(2)19-15(16-10)9-17-8-4-6-13(17)12-5-3-7-14(12)18/h12-14,18H,3-9H2,1-2H3. The zero-order valence-electron chi connectivity index (χ0n) is 11.9. The fourth-order valence-electron chi connectivity index (χ4n) is 3.73. The van der Waals surface area contributed by atoms with Gasteiger partial charge >= 0.3 is 0 Å². The summed E-state index contributed by atoms with van der Waals surface area (Å²) in [7, 11) is 0. The van der Waals surface area contributed by atoms with Crippen LogP contribution in [0.3, 0.4) is 0 Å². The number of nitrogens with zero attached hydrogens (tertiary/aromatic N) is 2. The predicted octanol–water partition coefficient (Wildman–Crippen LogP) is 2.42. The lowest BCUT2D eigenvalue weighted by Crippen LogP contribution is -2.38. The number of likely N-dealkylation sites (tertiary alicyclic amines) is 1. The van der Waals surface area contributed by atoms with Gasteiger partial charge < -0.3 is 9.52 Å². The van der Waals surface area contributed by atoms with Crippen LogP contribution in [-0.4, -0.2) is 33.7 Å². The molecular weight excluding hydrogens is 240 g/mol. The zero-order chi connectivity index (χ0) is 13.4. The molecule has 1 aromatic rings. The van der Waals surface area contributed by atoms with Gasteiger partial charge in [-0.15, -0.1) is 0 Å². The van der Waals surface area contributed by atoms with Crippen molar-refractivity contribution >= 4 is 0 Å². The fraction of sp³-hybridized carbons (Fsp3) is 0.800. The second-order valence-corrected chi connectivity index (χ2v) is 6.09. The summed E-state index contributed by atoms with van der Waals surface area (Å²) in [5.41, 5.74) is 0.992. The molecule has 3 rings (SSSR count). The molecule has 2 fully saturated rings. The van der Waals surface area contributed by atoms with Crippen LogP contribution in [0.2, 0.25) is 0 Å². The van der Waals surface area contributed by atoms with Gasteiger partial charge in [0.1, 0.15) is 5.76 Å². The van der Waals surface area contributed by atoms with Gasteiger partial charge in [0.05, 0.1) is 18.3 Å². The first-order valence-electron chi connectivity index (χ1n) is 7.50. The number of rotatable bonds is 3. The van der Waals surface area contributed by atoms with Crippen molar-refractivity contribution in [3.8, 4) is 0 Å². The molecule has 0 aromatic carbocycles. The maximum Gasteiger partial charge on any atom is 0.208 e. The van der Waals surface area contributed by atoms with Crippen LogP contribution in [-0.2, 0) is 6.54 Å². The highest BCUT2D eigenvalue weighted by Crippen LogP contribution is 2.36. The SMILES string of the molecule is Cc1nc(CN2CCCC2C2CCCC2O)oc1C. The molecular formula is C15H24N2O2. The van der Waals surface area contributed by atoms with E-state index in [1.165, 1.54) is 25.7 Å². The maximum absolute atomic E-state index is 10.1. The molecule has 0 radical (unpaired) electrons. The summed E-state index contributed by atoms with van der Waals surface area (Å²) in [4.78, 5) is 6.95. The highest BCUT2D eigenvalue weighted by molar-refractivity contribution is 5.05. The third kappa shape index (κ3) is 2.56. The van der Waals surface area contributed by atoms with E-state index in [-0.39, 0.29) is 6.10 Å². The molecule has 0 spiro atoms. The van der Waals surface area contributed by atoms with Crippen molar-refractivity contribution < 1.29 is 9.52 Å². The topological polar surface area (TPSA) is 49.5 Å². The highest BCUT2D eigenvalue weighted by Gasteiger charge is 2.38. The molecule has 1 saturated heterocycles. The molecule has 1 N–H and O–H groups in total. The Bertz CT molecular complexity index is 424. The van der Waals surface area contributed by atoms with Crippen LogP contribution in [0.1, 0.15) is 49.4 Å². The number of aryl methyl sites for hydroxylation is 2. The molecule has 106 valence electrons. The number of oxazole rings is 1. The van der Waals surface area contributed by atoms with E-state index < -0.39 is 0 Å².